The average Bonchev–Trinajstić information content (AvgIpc) is 2.76. The van der Waals surface area contributed by atoms with Crippen molar-refractivity contribution >= 4 is 0 Å². The van der Waals surface area contributed by atoms with Gasteiger partial charge in [0, 0.05) is 17.7 Å². The standard InChI is InChI=1S/C25H23F3O2/c1-15-3-11-22(30-14-15)18-8-9-19(21(26)13-18)16-4-6-17(7-5-16)20-10-12-23(29-2)25(28)24(20)27/h4-10,12-13,15,22H,3,11,14H2,1-2H3. The normalized spacial score (nSPS) is 19.0. The second-order valence-electron chi connectivity index (χ2n) is 7.76. The summed E-state index contributed by atoms with van der Waals surface area (Å²) in [6, 6.07) is 14.7. The Morgan fingerprint density at radius 3 is 2.10 bits per heavy atom. The van der Waals surface area contributed by atoms with Crippen molar-refractivity contribution in [1.29, 1.82) is 0 Å². The van der Waals surface area contributed by atoms with Gasteiger partial charge in [0.25, 0.3) is 0 Å². The highest BCUT2D eigenvalue weighted by Gasteiger charge is 2.21. The Bertz CT molecular complexity index is 1040. The summed E-state index contributed by atoms with van der Waals surface area (Å²) in [7, 11) is 1.28. The largest absolute Gasteiger partial charge is 0.494 e. The maximum absolute atomic E-state index is 14.8. The van der Waals surface area contributed by atoms with Gasteiger partial charge < -0.3 is 9.47 Å². The molecule has 4 rings (SSSR count). The highest BCUT2D eigenvalue weighted by atomic mass is 19.2. The predicted molar refractivity (Wildman–Crippen MR) is 111 cm³/mol. The molecule has 3 aromatic carbocycles. The van der Waals surface area contributed by atoms with Crippen LogP contribution in [0.1, 0.15) is 31.4 Å². The van der Waals surface area contributed by atoms with Gasteiger partial charge in [-0.3, -0.25) is 0 Å². The fourth-order valence-corrected chi connectivity index (χ4v) is 3.85. The van der Waals surface area contributed by atoms with Crippen molar-refractivity contribution in [1.82, 2.24) is 0 Å². The van der Waals surface area contributed by atoms with E-state index in [0.717, 1.165) is 18.4 Å². The highest BCUT2D eigenvalue weighted by Crippen LogP contribution is 2.34. The van der Waals surface area contributed by atoms with Crippen molar-refractivity contribution in [3.63, 3.8) is 0 Å². The van der Waals surface area contributed by atoms with E-state index in [1.54, 1.807) is 30.3 Å². The van der Waals surface area contributed by atoms with Gasteiger partial charge in [-0.1, -0.05) is 43.3 Å². The van der Waals surface area contributed by atoms with Gasteiger partial charge in [0.2, 0.25) is 5.82 Å². The van der Waals surface area contributed by atoms with Crippen LogP contribution in [0.3, 0.4) is 0 Å². The Kier molecular flexibility index (Phi) is 5.82. The minimum Gasteiger partial charge on any atom is -0.494 e. The van der Waals surface area contributed by atoms with Crippen LogP contribution in [-0.4, -0.2) is 13.7 Å². The second kappa shape index (κ2) is 8.52. The maximum Gasteiger partial charge on any atom is 0.201 e. The molecule has 0 amide bonds. The van der Waals surface area contributed by atoms with Crippen LogP contribution in [0, 0.1) is 23.4 Å². The Morgan fingerprint density at radius 2 is 1.50 bits per heavy atom. The van der Waals surface area contributed by atoms with Crippen LogP contribution in [0.15, 0.2) is 54.6 Å². The van der Waals surface area contributed by atoms with E-state index < -0.39 is 11.6 Å². The molecule has 156 valence electrons. The molecule has 1 fully saturated rings. The van der Waals surface area contributed by atoms with E-state index in [0.29, 0.717) is 29.2 Å². The molecule has 2 atom stereocenters. The molecule has 0 spiro atoms. The van der Waals surface area contributed by atoms with Gasteiger partial charge in [0.05, 0.1) is 13.2 Å². The third kappa shape index (κ3) is 3.94. The maximum atomic E-state index is 14.8. The molecule has 2 nitrogen and oxygen atoms in total. The number of ether oxygens (including phenoxy) is 2. The molecule has 1 heterocycles. The first-order valence-electron chi connectivity index (χ1n) is 10.0. The summed E-state index contributed by atoms with van der Waals surface area (Å²) in [5, 5.41) is 0. The summed E-state index contributed by atoms with van der Waals surface area (Å²) in [6.07, 6.45) is 1.89. The lowest BCUT2D eigenvalue weighted by Gasteiger charge is -2.27. The first-order valence-corrected chi connectivity index (χ1v) is 10.0. The third-order valence-corrected chi connectivity index (χ3v) is 5.64. The molecule has 0 aliphatic carbocycles. The van der Waals surface area contributed by atoms with E-state index in [1.165, 1.54) is 25.3 Å². The SMILES string of the molecule is COc1ccc(-c2ccc(-c3ccc(C4CCC(C)CO4)cc3F)cc2)c(F)c1F. The van der Waals surface area contributed by atoms with Crippen molar-refractivity contribution in [2.75, 3.05) is 13.7 Å². The second-order valence-corrected chi connectivity index (χ2v) is 7.76. The van der Waals surface area contributed by atoms with Crippen LogP contribution in [0.25, 0.3) is 22.3 Å². The summed E-state index contributed by atoms with van der Waals surface area (Å²) in [6.45, 7) is 2.84. The molecule has 0 bridgehead atoms. The number of benzene rings is 3. The van der Waals surface area contributed by atoms with Crippen molar-refractivity contribution in [3.05, 3.63) is 77.6 Å². The topological polar surface area (TPSA) is 18.5 Å². The van der Waals surface area contributed by atoms with E-state index in [1.807, 2.05) is 6.07 Å². The molecule has 1 aliphatic heterocycles. The quantitative estimate of drug-likeness (QED) is 0.462. The lowest BCUT2D eigenvalue weighted by atomic mass is 9.94. The van der Waals surface area contributed by atoms with E-state index in [9.17, 15) is 13.2 Å². The number of rotatable bonds is 4. The molecular formula is C25H23F3O2. The zero-order chi connectivity index (χ0) is 21.3. The van der Waals surface area contributed by atoms with Gasteiger partial charge in [0.15, 0.2) is 11.6 Å². The lowest BCUT2D eigenvalue weighted by molar-refractivity contribution is -0.0125. The molecule has 0 N–H and O–H groups in total. The molecule has 1 saturated heterocycles. The van der Waals surface area contributed by atoms with Crippen molar-refractivity contribution in [3.8, 4) is 28.0 Å². The van der Waals surface area contributed by atoms with Gasteiger partial charge in [-0.15, -0.1) is 0 Å². The van der Waals surface area contributed by atoms with Gasteiger partial charge >= 0.3 is 0 Å². The molecule has 5 heteroatoms. The van der Waals surface area contributed by atoms with Crippen LogP contribution < -0.4 is 4.74 Å². The molecule has 0 radical (unpaired) electrons. The summed E-state index contributed by atoms with van der Waals surface area (Å²) in [5.74, 6) is -1.94. The van der Waals surface area contributed by atoms with Crippen molar-refractivity contribution in [2.24, 2.45) is 5.92 Å². The predicted octanol–water partition coefficient (Wildman–Crippen LogP) is 6.93. The fraction of sp³-hybridized carbons (Fsp3) is 0.280. The Labute approximate surface area is 174 Å². The molecule has 3 aromatic rings. The van der Waals surface area contributed by atoms with Crippen LogP contribution >= 0.6 is 0 Å². The fourth-order valence-electron chi connectivity index (χ4n) is 3.85. The van der Waals surface area contributed by atoms with E-state index in [4.69, 9.17) is 9.47 Å². The molecule has 0 saturated carbocycles. The molecule has 1 aliphatic rings. The van der Waals surface area contributed by atoms with E-state index in [-0.39, 0.29) is 23.2 Å². The van der Waals surface area contributed by atoms with Crippen LogP contribution in [0.4, 0.5) is 13.2 Å². The Morgan fingerprint density at radius 1 is 0.833 bits per heavy atom. The molecular weight excluding hydrogens is 389 g/mol. The number of halogens is 3. The van der Waals surface area contributed by atoms with Crippen molar-refractivity contribution < 1.29 is 22.6 Å². The van der Waals surface area contributed by atoms with Crippen molar-refractivity contribution in [2.45, 2.75) is 25.9 Å². The molecule has 30 heavy (non-hydrogen) atoms. The third-order valence-electron chi connectivity index (χ3n) is 5.64. The zero-order valence-electron chi connectivity index (χ0n) is 16.9. The minimum atomic E-state index is -1.03. The number of hydrogen-bond donors (Lipinski definition) is 0. The minimum absolute atomic E-state index is 0.0694. The summed E-state index contributed by atoms with van der Waals surface area (Å²) < 4.78 is 53.8. The van der Waals surface area contributed by atoms with Gasteiger partial charge in [-0.05, 0) is 53.6 Å². The van der Waals surface area contributed by atoms with Gasteiger partial charge in [-0.2, -0.15) is 4.39 Å². The molecule has 2 unspecified atom stereocenters. The van der Waals surface area contributed by atoms with Crippen LogP contribution in [0.2, 0.25) is 0 Å². The molecule has 0 aromatic heterocycles. The zero-order valence-corrected chi connectivity index (χ0v) is 16.9. The monoisotopic (exact) mass is 412 g/mol. The number of hydrogen-bond acceptors (Lipinski definition) is 2. The van der Waals surface area contributed by atoms with E-state index in [2.05, 4.69) is 6.92 Å². The highest BCUT2D eigenvalue weighted by molar-refractivity contribution is 5.71. The Balaban J connectivity index is 1.58. The van der Waals surface area contributed by atoms with Crippen LogP contribution in [0.5, 0.6) is 5.75 Å². The lowest BCUT2D eigenvalue weighted by Crippen LogP contribution is -2.18. The first-order chi connectivity index (χ1) is 14.5. The smallest absolute Gasteiger partial charge is 0.201 e. The van der Waals surface area contributed by atoms with Gasteiger partial charge in [-0.25, -0.2) is 8.78 Å². The van der Waals surface area contributed by atoms with E-state index >= 15 is 0 Å². The summed E-state index contributed by atoms with van der Waals surface area (Å²) in [4.78, 5) is 0. The Hall–Kier alpha value is -2.79. The average molecular weight is 412 g/mol. The van der Waals surface area contributed by atoms with Crippen LogP contribution in [-0.2, 0) is 4.74 Å². The summed E-state index contributed by atoms with van der Waals surface area (Å²) >= 11 is 0. The van der Waals surface area contributed by atoms with Gasteiger partial charge in [0.1, 0.15) is 5.82 Å². The summed E-state index contributed by atoms with van der Waals surface area (Å²) in [5.41, 5.74) is 2.58. The number of methoxy groups -OCH3 is 1. The first kappa shape index (κ1) is 20.5.